The molecule has 90 valence electrons. The van der Waals surface area contributed by atoms with Gasteiger partial charge in [0.1, 0.15) is 11.2 Å². The van der Waals surface area contributed by atoms with Crippen LogP contribution in [0.4, 0.5) is 0 Å². The molecule has 0 spiro atoms. The summed E-state index contributed by atoms with van der Waals surface area (Å²) >= 11 is 5.91. The van der Waals surface area contributed by atoms with Crippen molar-refractivity contribution in [1.82, 2.24) is 0 Å². The second-order valence-corrected chi connectivity index (χ2v) is 4.64. The number of benzene rings is 1. The van der Waals surface area contributed by atoms with E-state index in [4.69, 9.17) is 16.3 Å². The molecular weight excluding hydrogens is 240 g/mol. The van der Waals surface area contributed by atoms with Gasteiger partial charge in [0.25, 0.3) is 0 Å². The van der Waals surface area contributed by atoms with E-state index in [2.05, 4.69) is 0 Å². The number of hydrogen-bond donors (Lipinski definition) is 0. The lowest BCUT2D eigenvalue weighted by molar-refractivity contribution is -0.158. The molecule has 0 atom stereocenters. The molecule has 1 fully saturated rings. The van der Waals surface area contributed by atoms with Crippen LogP contribution in [0.2, 0.25) is 5.02 Å². The molecule has 1 aromatic carbocycles. The van der Waals surface area contributed by atoms with Crippen LogP contribution in [-0.2, 0) is 19.7 Å². The molecule has 0 unspecified atom stereocenters. The normalized spacial score (nSPS) is 17.4. The van der Waals surface area contributed by atoms with Crippen molar-refractivity contribution in [3.05, 3.63) is 34.9 Å². The van der Waals surface area contributed by atoms with Gasteiger partial charge in [0.2, 0.25) is 0 Å². The number of ketones is 1. The summed E-state index contributed by atoms with van der Waals surface area (Å²) < 4.78 is 5.06. The Morgan fingerprint density at radius 1 is 1.47 bits per heavy atom. The van der Waals surface area contributed by atoms with Gasteiger partial charge in [0.15, 0.2) is 0 Å². The Bertz CT molecular complexity index is 459. The molecule has 0 radical (unpaired) electrons. The summed E-state index contributed by atoms with van der Waals surface area (Å²) in [6, 6.07) is 7.06. The quantitative estimate of drug-likeness (QED) is 0.777. The Kier molecular flexibility index (Phi) is 3.20. The SMILES string of the molecule is CCOC(=O)C1(c2cccc(Cl)c2)CC(=O)C1. The summed E-state index contributed by atoms with van der Waals surface area (Å²) in [5, 5.41) is 0.561. The average Bonchev–Trinajstić information content (AvgIpc) is 2.24. The van der Waals surface area contributed by atoms with E-state index >= 15 is 0 Å². The van der Waals surface area contributed by atoms with E-state index in [0.29, 0.717) is 11.6 Å². The third-order valence-corrected chi connectivity index (χ3v) is 3.28. The smallest absolute Gasteiger partial charge is 0.317 e. The first-order chi connectivity index (χ1) is 8.08. The fourth-order valence-corrected chi connectivity index (χ4v) is 2.33. The topological polar surface area (TPSA) is 43.4 Å². The number of Topliss-reactive ketones (excluding diaryl/α,β-unsaturated/α-hetero) is 1. The Labute approximate surface area is 105 Å². The molecule has 0 amide bonds. The van der Waals surface area contributed by atoms with Crippen molar-refractivity contribution < 1.29 is 14.3 Å². The van der Waals surface area contributed by atoms with Crippen molar-refractivity contribution in [2.24, 2.45) is 0 Å². The number of halogens is 1. The molecule has 1 aliphatic rings. The minimum absolute atomic E-state index is 0.0815. The highest BCUT2D eigenvalue weighted by atomic mass is 35.5. The minimum atomic E-state index is -0.808. The third-order valence-electron chi connectivity index (χ3n) is 3.04. The van der Waals surface area contributed by atoms with Crippen LogP contribution >= 0.6 is 11.6 Å². The van der Waals surface area contributed by atoms with E-state index in [9.17, 15) is 9.59 Å². The van der Waals surface area contributed by atoms with Crippen molar-refractivity contribution in [2.45, 2.75) is 25.2 Å². The van der Waals surface area contributed by atoms with Gasteiger partial charge in [-0.2, -0.15) is 0 Å². The number of rotatable bonds is 3. The summed E-state index contributed by atoms with van der Waals surface area (Å²) in [6.07, 6.45) is 0.429. The Balaban J connectivity index is 2.35. The van der Waals surface area contributed by atoms with Crippen LogP contribution in [0.15, 0.2) is 24.3 Å². The van der Waals surface area contributed by atoms with Crippen LogP contribution in [0, 0.1) is 0 Å². The van der Waals surface area contributed by atoms with Crippen LogP contribution in [0.5, 0.6) is 0 Å². The molecule has 0 N–H and O–H groups in total. The second kappa shape index (κ2) is 4.49. The van der Waals surface area contributed by atoms with Crippen LogP contribution in [0.3, 0.4) is 0 Å². The number of carbonyl (C=O) groups excluding carboxylic acids is 2. The molecule has 4 heteroatoms. The van der Waals surface area contributed by atoms with E-state index in [0.717, 1.165) is 5.56 Å². The van der Waals surface area contributed by atoms with Crippen LogP contribution in [0.25, 0.3) is 0 Å². The van der Waals surface area contributed by atoms with Crippen molar-refractivity contribution in [3.8, 4) is 0 Å². The summed E-state index contributed by atoms with van der Waals surface area (Å²) in [4.78, 5) is 23.2. The minimum Gasteiger partial charge on any atom is -0.465 e. The van der Waals surface area contributed by atoms with Crippen molar-refractivity contribution in [1.29, 1.82) is 0 Å². The summed E-state index contributed by atoms with van der Waals surface area (Å²) in [7, 11) is 0. The van der Waals surface area contributed by atoms with Gasteiger partial charge in [-0.3, -0.25) is 9.59 Å². The van der Waals surface area contributed by atoms with Crippen molar-refractivity contribution in [2.75, 3.05) is 6.61 Å². The molecule has 3 nitrogen and oxygen atoms in total. The zero-order chi connectivity index (χ0) is 12.5. The first-order valence-electron chi connectivity index (χ1n) is 5.53. The molecule has 0 heterocycles. The summed E-state index contributed by atoms with van der Waals surface area (Å²) in [6.45, 7) is 2.07. The maximum absolute atomic E-state index is 12.0. The van der Waals surface area contributed by atoms with Gasteiger partial charge in [0, 0.05) is 17.9 Å². The lowest BCUT2D eigenvalue weighted by Crippen LogP contribution is -2.49. The van der Waals surface area contributed by atoms with Crippen molar-refractivity contribution >= 4 is 23.4 Å². The Morgan fingerprint density at radius 2 is 2.18 bits per heavy atom. The monoisotopic (exact) mass is 252 g/mol. The van der Waals surface area contributed by atoms with Crippen LogP contribution < -0.4 is 0 Å². The third kappa shape index (κ3) is 2.07. The first kappa shape index (κ1) is 12.1. The van der Waals surface area contributed by atoms with E-state index in [-0.39, 0.29) is 24.6 Å². The van der Waals surface area contributed by atoms with Crippen molar-refractivity contribution in [3.63, 3.8) is 0 Å². The lowest BCUT2D eigenvalue weighted by Gasteiger charge is -2.38. The van der Waals surface area contributed by atoms with Gasteiger partial charge in [-0.25, -0.2) is 0 Å². The maximum Gasteiger partial charge on any atom is 0.317 e. The Morgan fingerprint density at radius 3 is 2.71 bits per heavy atom. The molecule has 1 saturated carbocycles. The highest BCUT2D eigenvalue weighted by Crippen LogP contribution is 2.43. The largest absolute Gasteiger partial charge is 0.465 e. The predicted molar refractivity (Wildman–Crippen MR) is 64.0 cm³/mol. The van der Waals surface area contributed by atoms with Gasteiger partial charge in [-0.15, -0.1) is 0 Å². The number of esters is 1. The number of ether oxygens (including phenoxy) is 1. The van der Waals surface area contributed by atoms with Crippen LogP contribution in [-0.4, -0.2) is 18.4 Å². The zero-order valence-electron chi connectivity index (χ0n) is 9.53. The highest BCUT2D eigenvalue weighted by Gasteiger charge is 2.52. The van der Waals surface area contributed by atoms with E-state index in [1.54, 1.807) is 25.1 Å². The average molecular weight is 253 g/mol. The molecule has 0 saturated heterocycles. The zero-order valence-corrected chi connectivity index (χ0v) is 10.3. The fourth-order valence-electron chi connectivity index (χ4n) is 2.14. The number of hydrogen-bond acceptors (Lipinski definition) is 3. The molecule has 0 bridgehead atoms. The standard InChI is InChI=1S/C13H13ClO3/c1-2-17-12(16)13(7-11(15)8-13)9-4-3-5-10(14)6-9/h3-6H,2,7-8H2,1H3. The molecule has 1 aromatic rings. The summed E-state index contributed by atoms with van der Waals surface area (Å²) in [5.74, 6) is -0.250. The van der Waals surface area contributed by atoms with Gasteiger partial charge < -0.3 is 4.74 Å². The maximum atomic E-state index is 12.0. The predicted octanol–water partition coefficient (Wildman–Crippen LogP) is 2.50. The van der Waals surface area contributed by atoms with Crippen LogP contribution in [0.1, 0.15) is 25.3 Å². The number of carbonyl (C=O) groups is 2. The van der Waals surface area contributed by atoms with Gasteiger partial charge in [-0.1, -0.05) is 23.7 Å². The van der Waals surface area contributed by atoms with Gasteiger partial charge in [0.05, 0.1) is 6.61 Å². The molecule has 17 heavy (non-hydrogen) atoms. The molecular formula is C13H13ClO3. The van der Waals surface area contributed by atoms with Gasteiger partial charge in [-0.05, 0) is 24.6 Å². The first-order valence-corrected chi connectivity index (χ1v) is 5.91. The van der Waals surface area contributed by atoms with E-state index < -0.39 is 5.41 Å². The Hall–Kier alpha value is -1.35. The van der Waals surface area contributed by atoms with Gasteiger partial charge >= 0.3 is 5.97 Å². The molecule has 1 aliphatic carbocycles. The fraction of sp³-hybridized carbons (Fsp3) is 0.385. The lowest BCUT2D eigenvalue weighted by atomic mass is 9.63. The van der Waals surface area contributed by atoms with E-state index in [1.165, 1.54) is 0 Å². The highest BCUT2D eigenvalue weighted by molar-refractivity contribution is 6.30. The molecule has 2 rings (SSSR count). The summed E-state index contributed by atoms with van der Waals surface area (Å²) in [5.41, 5.74) is -0.0408. The molecule has 0 aromatic heterocycles. The second-order valence-electron chi connectivity index (χ2n) is 4.21. The van der Waals surface area contributed by atoms with E-state index in [1.807, 2.05) is 6.07 Å². The molecule has 0 aliphatic heterocycles.